The molecule has 2 rings (SSSR count). The SMILES string of the molecule is [N-]=[N+]=NCCCO[C@@H]1OC(CO)[C@@H](O[C@@H]2OC(CO)[C@H](O)C(O)[C@@H]2O)C(O)[C@@H]1O. The number of azide groups is 1. The Morgan fingerprint density at radius 1 is 0.828 bits per heavy atom. The van der Waals surface area contributed by atoms with Gasteiger partial charge in [-0.3, -0.25) is 0 Å². The molecule has 2 saturated heterocycles. The van der Waals surface area contributed by atoms with E-state index in [2.05, 4.69) is 10.0 Å². The molecule has 10 atom stereocenters. The van der Waals surface area contributed by atoms with Gasteiger partial charge in [0.25, 0.3) is 0 Å². The molecule has 0 aliphatic carbocycles. The smallest absolute Gasteiger partial charge is 0.187 e. The van der Waals surface area contributed by atoms with Gasteiger partial charge in [0.2, 0.25) is 0 Å². The van der Waals surface area contributed by atoms with Crippen molar-refractivity contribution in [3.8, 4) is 0 Å². The van der Waals surface area contributed by atoms with Gasteiger partial charge >= 0.3 is 0 Å². The Morgan fingerprint density at radius 3 is 2.07 bits per heavy atom. The summed E-state index contributed by atoms with van der Waals surface area (Å²) in [6, 6.07) is 0. The number of hydrogen-bond donors (Lipinski definition) is 7. The molecular formula is C15H27N3O11. The fourth-order valence-corrected chi connectivity index (χ4v) is 3.07. The average Bonchev–Trinajstić information content (AvgIpc) is 2.72. The number of aliphatic hydroxyl groups excluding tert-OH is 7. The van der Waals surface area contributed by atoms with Crippen LogP contribution in [0.4, 0.5) is 0 Å². The average molecular weight is 425 g/mol. The molecule has 14 nitrogen and oxygen atoms in total. The number of aliphatic hydroxyl groups is 7. The van der Waals surface area contributed by atoms with Crippen molar-refractivity contribution in [2.75, 3.05) is 26.4 Å². The van der Waals surface area contributed by atoms with Crippen LogP contribution in [0.15, 0.2) is 5.11 Å². The highest BCUT2D eigenvalue weighted by molar-refractivity contribution is 4.94. The van der Waals surface area contributed by atoms with Gasteiger partial charge in [-0.25, -0.2) is 0 Å². The Balaban J connectivity index is 2.00. The highest BCUT2D eigenvalue weighted by atomic mass is 16.7. The molecule has 2 aliphatic rings. The van der Waals surface area contributed by atoms with Crippen LogP contribution >= 0.6 is 0 Å². The first-order valence-electron chi connectivity index (χ1n) is 9.06. The summed E-state index contributed by atoms with van der Waals surface area (Å²) in [6.45, 7) is -1.12. The largest absolute Gasteiger partial charge is 0.394 e. The number of rotatable bonds is 9. The first-order valence-corrected chi connectivity index (χ1v) is 9.06. The molecule has 0 aromatic carbocycles. The second-order valence-electron chi connectivity index (χ2n) is 6.68. The predicted molar refractivity (Wildman–Crippen MR) is 91.0 cm³/mol. The van der Waals surface area contributed by atoms with Crippen molar-refractivity contribution in [1.82, 2.24) is 0 Å². The van der Waals surface area contributed by atoms with Gasteiger partial charge in [0, 0.05) is 18.1 Å². The second-order valence-corrected chi connectivity index (χ2v) is 6.68. The zero-order valence-electron chi connectivity index (χ0n) is 15.4. The van der Waals surface area contributed by atoms with E-state index in [1.54, 1.807) is 0 Å². The monoisotopic (exact) mass is 425 g/mol. The molecule has 0 amide bonds. The molecule has 0 aromatic rings. The maximum absolute atomic E-state index is 10.4. The lowest BCUT2D eigenvalue weighted by molar-refractivity contribution is -0.359. The third-order valence-electron chi connectivity index (χ3n) is 4.71. The summed E-state index contributed by atoms with van der Waals surface area (Å²) in [5.41, 5.74) is 8.21. The third kappa shape index (κ3) is 5.73. The van der Waals surface area contributed by atoms with Crippen LogP contribution in [0.2, 0.25) is 0 Å². The number of ether oxygens (including phenoxy) is 4. The zero-order valence-corrected chi connectivity index (χ0v) is 15.4. The molecule has 7 N–H and O–H groups in total. The summed E-state index contributed by atoms with van der Waals surface area (Å²) < 4.78 is 21.3. The van der Waals surface area contributed by atoms with E-state index >= 15 is 0 Å². The van der Waals surface area contributed by atoms with Gasteiger partial charge in [-0.1, -0.05) is 5.11 Å². The van der Waals surface area contributed by atoms with Gasteiger partial charge in [0.1, 0.15) is 48.8 Å². The maximum atomic E-state index is 10.4. The summed E-state index contributed by atoms with van der Waals surface area (Å²) in [6.07, 6.45) is -14.6. The van der Waals surface area contributed by atoms with Crippen LogP contribution < -0.4 is 0 Å². The van der Waals surface area contributed by atoms with Crippen LogP contribution in [0, 0.1) is 0 Å². The Hall–Kier alpha value is -1.13. The van der Waals surface area contributed by atoms with E-state index in [9.17, 15) is 35.7 Å². The van der Waals surface area contributed by atoms with Crippen molar-refractivity contribution in [3.63, 3.8) is 0 Å². The molecule has 0 aromatic heterocycles. The normalized spacial score (nSPS) is 43.0. The van der Waals surface area contributed by atoms with Crippen LogP contribution in [0.1, 0.15) is 6.42 Å². The molecule has 4 unspecified atom stereocenters. The van der Waals surface area contributed by atoms with Crippen molar-refractivity contribution in [1.29, 1.82) is 0 Å². The molecule has 0 bridgehead atoms. The lowest BCUT2D eigenvalue weighted by Crippen LogP contribution is -2.64. The van der Waals surface area contributed by atoms with Gasteiger partial charge in [0.15, 0.2) is 12.6 Å². The van der Waals surface area contributed by atoms with E-state index < -0.39 is 74.6 Å². The Kier molecular flexibility index (Phi) is 9.42. The van der Waals surface area contributed by atoms with E-state index in [4.69, 9.17) is 24.5 Å². The summed E-state index contributed by atoms with van der Waals surface area (Å²) in [5, 5.41) is 72.4. The van der Waals surface area contributed by atoms with Gasteiger partial charge < -0.3 is 54.7 Å². The van der Waals surface area contributed by atoms with Gasteiger partial charge in [-0.15, -0.1) is 0 Å². The molecule has 0 saturated carbocycles. The zero-order chi connectivity index (χ0) is 21.6. The lowest BCUT2D eigenvalue weighted by atomic mass is 9.97. The Bertz CT molecular complexity index is 548. The van der Waals surface area contributed by atoms with E-state index in [0.717, 1.165) is 0 Å². The topological polar surface area (TPSA) is 227 Å². The molecule has 2 heterocycles. The van der Waals surface area contributed by atoms with E-state index in [1.807, 2.05) is 0 Å². The molecular weight excluding hydrogens is 398 g/mol. The second kappa shape index (κ2) is 11.3. The molecule has 2 aliphatic heterocycles. The maximum Gasteiger partial charge on any atom is 0.187 e. The number of nitrogens with zero attached hydrogens (tertiary/aromatic N) is 3. The molecule has 0 radical (unpaired) electrons. The Labute approximate surface area is 165 Å². The first kappa shape index (κ1) is 24.1. The van der Waals surface area contributed by atoms with Crippen LogP contribution in [0.5, 0.6) is 0 Å². The molecule has 0 spiro atoms. The van der Waals surface area contributed by atoms with Gasteiger partial charge in [-0.2, -0.15) is 0 Å². The molecule has 2 fully saturated rings. The standard InChI is InChI=1S/C15H27N3O11/c16-18-17-2-1-3-26-14-12(25)10(23)13(7(5-20)28-14)29-15-11(24)9(22)8(21)6(4-19)27-15/h6-15,19-25H,1-5H2/t6?,7?,8-,9?,10?,11-,12-,13+,14+,15-/m0/s1. The van der Waals surface area contributed by atoms with E-state index in [1.165, 1.54) is 0 Å². The summed E-state index contributed by atoms with van der Waals surface area (Å²) in [4.78, 5) is 2.58. The highest BCUT2D eigenvalue weighted by Crippen LogP contribution is 2.29. The number of hydrogen-bond acceptors (Lipinski definition) is 12. The van der Waals surface area contributed by atoms with Gasteiger partial charge in [0.05, 0.1) is 13.2 Å². The van der Waals surface area contributed by atoms with Gasteiger partial charge in [-0.05, 0) is 12.0 Å². The minimum Gasteiger partial charge on any atom is -0.394 e. The van der Waals surface area contributed by atoms with Crippen LogP contribution in [0.3, 0.4) is 0 Å². The Morgan fingerprint density at radius 2 is 1.45 bits per heavy atom. The van der Waals surface area contributed by atoms with Crippen molar-refractivity contribution >= 4 is 0 Å². The summed E-state index contributed by atoms with van der Waals surface area (Å²) >= 11 is 0. The highest BCUT2D eigenvalue weighted by Gasteiger charge is 2.50. The minimum absolute atomic E-state index is 0.0455. The van der Waals surface area contributed by atoms with Crippen molar-refractivity contribution in [2.45, 2.75) is 67.8 Å². The summed E-state index contributed by atoms with van der Waals surface area (Å²) in [5.74, 6) is 0. The summed E-state index contributed by atoms with van der Waals surface area (Å²) in [7, 11) is 0. The molecule has 14 heteroatoms. The fraction of sp³-hybridized carbons (Fsp3) is 1.00. The van der Waals surface area contributed by atoms with E-state index in [-0.39, 0.29) is 13.2 Å². The quantitative estimate of drug-likeness (QED) is 0.0823. The van der Waals surface area contributed by atoms with Crippen molar-refractivity contribution in [3.05, 3.63) is 10.4 Å². The fourth-order valence-electron chi connectivity index (χ4n) is 3.07. The van der Waals surface area contributed by atoms with Crippen molar-refractivity contribution < 1.29 is 54.7 Å². The predicted octanol–water partition coefficient (Wildman–Crippen LogP) is -3.67. The van der Waals surface area contributed by atoms with E-state index in [0.29, 0.717) is 6.42 Å². The first-order chi connectivity index (χ1) is 13.8. The van der Waals surface area contributed by atoms with Crippen LogP contribution in [-0.4, -0.2) is 124 Å². The third-order valence-corrected chi connectivity index (χ3v) is 4.71. The van der Waals surface area contributed by atoms with Crippen molar-refractivity contribution in [2.24, 2.45) is 5.11 Å². The minimum atomic E-state index is -1.73. The molecule has 168 valence electrons. The van der Waals surface area contributed by atoms with Crippen LogP contribution in [-0.2, 0) is 18.9 Å². The molecule has 29 heavy (non-hydrogen) atoms. The van der Waals surface area contributed by atoms with Crippen LogP contribution in [0.25, 0.3) is 10.4 Å². The lowest BCUT2D eigenvalue weighted by Gasteiger charge is -2.45.